The van der Waals surface area contributed by atoms with Crippen molar-refractivity contribution in [2.75, 3.05) is 23.7 Å². The molecule has 0 radical (unpaired) electrons. The number of pyridine rings is 1. The Balaban J connectivity index is 1.88. The molecule has 0 aromatic carbocycles. The number of rotatable bonds is 4. The van der Waals surface area contributed by atoms with Gasteiger partial charge in [0.15, 0.2) is 5.82 Å². The number of aryl methyl sites for hydroxylation is 1. The van der Waals surface area contributed by atoms with Crippen molar-refractivity contribution in [1.82, 2.24) is 24.5 Å². The van der Waals surface area contributed by atoms with Crippen LogP contribution in [0.3, 0.4) is 0 Å². The summed E-state index contributed by atoms with van der Waals surface area (Å²) in [5, 5.41) is 22.4. The molecule has 1 aliphatic rings. The molecule has 1 aliphatic heterocycles. The molecule has 4 N–H and O–H groups in total. The van der Waals surface area contributed by atoms with Crippen molar-refractivity contribution >= 4 is 22.5 Å². The van der Waals surface area contributed by atoms with Gasteiger partial charge in [0, 0.05) is 44.0 Å². The number of nitrogens with one attached hydrogen (secondary N) is 1. The van der Waals surface area contributed by atoms with Crippen LogP contribution in [0.4, 0.5) is 11.6 Å². The smallest absolute Gasteiger partial charge is 0.264 e. The third kappa shape index (κ3) is 3.19. The van der Waals surface area contributed by atoms with Crippen LogP contribution in [0.5, 0.6) is 0 Å². The topological polar surface area (TPSA) is 118 Å². The number of nitrogens with two attached hydrogens (primary N) is 1. The number of aliphatic hydroxyl groups is 1. The fourth-order valence-electron chi connectivity index (χ4n) is 4.00. The lowest BCUT2D eigenvalue weighted by Crippen LogP contribution is -2.30. The summed E-state index contributed by atoms with van der Waals surface area (Å²) >= 11 is 0. The minimum atomic E-state index is -0.699. The first-order valence-electron chi connectivity index (χ1n) is 9.99. The van der Waals surface area contributed by atoms with E-state index in [-0.39, 0.29) is 23.3 Å². The summed E-state index contributed by atoms with van der Waals surface area (Å²) in [6, 6.07) is 1.99. The quantitative estimate of drug-likeness (QED) is 0.617. The Bertz CT molecular complexity index is 1120. The van der Waals surface area contributed by atoms with Crippen molar-refractivity contribution in [1.29, 1.82) is 0 Å². The van der Waals surface area contributed by atoms with E-state index in [4.69, 9.17) is 10.8 Å². The molecule has 4 heterocycles. The molecule has 9 heteroatoms. The molecule has 2 unspecified atom stereocenters. The highest BCUT2D eigenvalue weighted by molar-refractivity contribution is 5.97. The zero-order valence-corrected chi connectivity index (χ0v) is 17.6. The fourth-order valence-corrected chi connectivity index (χ4v) is 4.00. The van der Waals surface area contributed by atoms with E-state index in [0.717, 1.165) is 23.6 Å². The average Bonchev–Trinajstić information content (AvgIpc) is 3.32. The number of anilines is 2. The molecule has 0 bridgehead atoms. The van der Waals surface area contributed by atoms with Crippen LogP contribution >= 0.6 is 0 Å². The molecule has 2 atom stereocenters. The molecule has 3 aromatic heterocycles. The van der Waals surface area contributed by atoms with Gasteiger partial charge in [-0.15, -0.1) is 0 Å². The zero-order valence-electron chi connectivity index (χ0n) is 17.6. The molecule has 4 rings (SSSR count). The van der Waals surface area contributed by atoms with Gasteiger partial charge in [-0.05, 0) is 26.2 Å². The van der Waals surface area contributed by atoms with Crippen LogP contribution < -0.4 is 16.2 Å². The normalized spacial score (nSPS) is 20.9. The first-order valence-corrected chi connectivity index (χ1v) is 9.99. The van der Waals surface area contributed by atoms with Gasteiger partial charge in [0.2, 0.25) is 0 Å². The van der Waals surface area contributed by atoms with Crippen molar-refractivity contribution < 1.29 is 5.11 Å². The maximum atomic E-state index is 13.1. The number of nitrogen functional groups attached to an aromatic ring is 1. The van der Waals surface area contributed by atoms with Crippen molar-refractivity contribution in [3.8, 4) is 11.3 Å². The van der Waals surface area contributed by atoms with Crippen molar-refractivity contribution in [2.24, 2.45) is 13.0 Å². The summed E-state index contributed by atoms with van der Waals surface area (Å²) in [5.41, 5.74) is 7.27. The highest BCUT2D eigenvalue weighted by atomic mass is 16.3. The van der Waals surface area contributed by atoms with Crippen LogP contribution in [-0.2, 0) is 7.05 Å². The molecule has 29 heavy (non-hydrogen) atoms. The van der Waals surface area contributed by atoms with Gasteiger partial charge >= 0.3 is 0 Å². The molecule has 156 valence electrons. The maximum Gasteiger partial charge on any atom is 0.264 e. The van der Waals surface area contributed by atoms with Crippen LogP contribution in [0.15, 0.2) is 17.1 Å². The van der Waals surface area contributed by atoms with Gasteiger partial charge in [-0.25, -0.2) is 0 Å². The first-order chi connectivity index (χ1) is 13.6. The monoisotopic (exact) mass is 399 g/mol. The van der Waals surface area contributed by atoms with Gasteiger partial charge in [-0.2, -0.15) is 10.2 Å². The Kier molecular flexibility index (Phi) is 4.45. The van der Waals surface area contributed by atoms with Crippen molar-refractivity contribution in [3.63, 3.8) is 0 Å². The molecule has 0 aliphatic carbocycles. The summed E-state index contributed by atoms with van der Waals surface area (Å²) in [7, 11) is 1.89. The van der Waals surface area contributed by atoms with E-state index >= 15 is 0 Å². The number of fused-ring (bicyclic) bond motifs is 1. The van der Waals surface area contributed by atoms with Gasteiger partial charge in [-0.3, -0.25) is 14.6 Å². The van der Waals surface area contributed by atoms with E-state index in [1.807, 2.05) is 37.8 Å². The molecule has 0 spiro atoms. The average molecular weight is 399 g/mol. The summed E-state index contributed by atoms with van der Waals surface area (Å²) in [6.07, 6.45) is 2.56. The second-order valence-corrected chi connectivity index (χ2v) is 8.78. The number of H-pyrrole nitrogens is 1. The van der Waals surface area contributed by atoms with Crippen molar-refractivity contribution in [3.05, 3.63) is 22.6 Å². The molecule has 1 saturated heterocycles. The summed E-state index contributed by atoms with van der Waals surface area (Å²) in [4.78, 5) is 15.2. The number of hydrogen-bond donors (Lipinski definition) is 3. The minimum Gasteiger partial charge on any atom is -0.388 e. The first kappa shape index (κ1) is 19.5. The fraction of sp³-hybridized carbons (Fsp3) is 0.550. The highest BCUT2D eigenvalue weighted by Gasteiger charge is 2.33. The van der Waals surface area contributed by atoms with E-state index in [0.29, 0.717) is 23.9 Å². The second kappa shape index (κ2) is 6.62. The number of nitrogens with zero attached hydrogens (tertiary/aromatic N) is 5. The number of aromatic nitrogens is 5. The van der Waals surface area contributed by atoms with Gasteiger partial charge in [0.05, 0.1) is 16.8 Å². The molecular weight excluding hydrogens is 370 g/mol. The molecule has 9 nitrogen and oxygen atoms in total. The van der Waals surface area contributed by atoms with Crippen LogP contribution in [0, 0.1) is 5.92 Å². The van der Waals surface area contributed by atoms with E-state index in [9.17, 15) is 9.90 Å². The molecule has 0 saturated carbocycles. The molecule has 0 amide bonds. The predicted octanol–water partition coefficient (Wildman–Crippen LogP) is 1.89. The third-order valence-electron chi connectivity index (χ3n) is 6.09. The Morgan fingerprint density at radius 1 is 1.34 bits per heavy atom. The van der Waals surface area contributed by atoms with E-state index in [1.54, 1.807) is 4.57 Å². The standard InChI is InChI=1S/C20H29N7O2/c1-11(2)12(3)27-9-13(17-16(19(27)28)18(21)23-22-17)14-8-15(25(5)24-14)26-7-6-20(4,29)10-26/h8-9,11-12,29H,6-7,10H2,1-5H3,(H3,21,22,23). The van der Waals surface area contributed by atoms with E-state index in [2.05, 4.69) is 28.9 Å². The second-order valence-electron chi connectivity index (χ2n) is 8.78. The minimum absolute atomic E-state index is 0.00295. The van der Waals surface area contributed by atoms with E-state index in [1.165, 1.54) is 0 Å². The summed E-state index contributed by atoms with van der Waals surface area (Å²) in [6.45, 7) is 9.36. The number of aromatic amines is 1. The Morgan fingerprint density at radius 3 is 2.69 bits per heavy atom. The van der Waals surface area contributed by atoms with E-state index < -0.39 is 5.60 Å². The SMILES string of the molecule is CC(C)C(C)n1cc(-c2cc(N3CCC(C)(O)C3)n(C)n2)c2[nH]nc(N)c2c1=O. The number of β-amino-alcohol motifs (C(OH)–C–C–N with tert-alkyl or cyclic N) is 1. The highest BCUT2D eigenvalue weighted by Crippen LogP contribution is 2.33. The number of hydrogen-bond acceptors (Lipinski definition) is 6. The maximum absolute atomic E-state index is 13.1. The Morgan fingerprint density at radius 2 is 2.07 bits per heavy atom. The van der Waals surface area contributed by atoms with Crippen LogP contribution in [-0.4, -0.2) is 48.3 Å². The van der Waals surface area contributed by atoms with Gasteiger partial charge in [0.1, 0.15) is 11.2 Å². The van der Waals surface area contributed by atoms with Crippen molar-refractivity contribution in [2.45, 2.75) is 45.8 Å². The lowest BCUT2D eigenvalue weighted by atomic mass is 10.0. The summed E-state index contributed by atoms with van der Waals surface area (Å²) in [5.74, 6) is 1.40. The van der Waals surface area contributed by atoms with Gasteiger partial charge in [0.25, 0.3) is 5.56 Å². The Labute approximate surface area is 169 Å². The predicted molar refractivity (Wildman–Crippen MR) is 114 cm³/mol. The molecule has 1 fully saturated rings. The molecule has 3 aromatic rings. The summed E-state index contributed by atoms with van der Waals surface area (Å²) < 4.78 is 3.53. The zero-order chi connectivity index (χ0) is 21.1. The Hall–Kier alpha value is -2.81. The van der Waals surface area contributed by atoms with Crippen LogP contribution in [0.2, 0.25) is 0 Å². The third-order valence-corrected chi connectivity index (χ3v) is 6.09. The molecular formula is C20H29N7O2. The lowest BCUT2D eigenvalue weighted by Gasteiger charge is -2.20. The van der Waals surface area contributed by atoms with Gasteiger partial charge in [-0.1, -0.05) is 13.8 Å². The van der Waals surface area contributed by atoms with Crippen LogP contribution in [0.25, 0.3) is 22.2 Å². The largest absolute Gasteiger partial charge is 0.388 e. The van der Waals surface area contributed by atoms with Gasteiger partial charge < -0.3 is 20.3 Å². The van der Waals surface area contributed by atoms with Crippen LogP contribution in [0.1, 0.15) is 40.2 Å². The lowest BCUT2D eigenvalue weighted by molar-refractivity contribution is 0.0838.